The van der Waals surface area contributed by atoms with Gasteiger partial charge in [0.15, 0.2) is 0 Å². The molecule has 2 rings (SSSR count). The van der Waals surface area contributed by atoms with E-state index in [-0.39, 0.29) is 5.41 Å². The molecule has 1 N–H and O–H groups in total. The number of benzene rings is 1. The first kappa shape index (κ1) is 13.1. The van der Waals surface area contributed by atoms with Crippen molar-refractivity contribution in [1.82, 2.24) is 9.55 Å². The van der Waals surface area contributed by atoms with Gasteiger partial charge >= 0.3 is 0 Å². The van der Waals surface area contributed by atoms with Crippen LogP contribution in [-0.2, 0) is 12.5 Å². The SMILES string of the molecule is Cn1ccnc1-c1ccc(O)c(C(C)(C)CBr)c1. The Hall–Kier alpha value is -1.29. The third kappa shape index (κ3) is 2.29. The third-order valence-electron chi connectivity index (χ3n) is 3.14. The normalized spacial score (nSPS) is 11.8. The van der Waals surface area contributed by atoms with Crippen molar-refractivity contribution in [3.63, 3.8) is 0 Å². The smallest absolute Gasteiger partial charge is 0.139 e. The number of halogens is 1. The van der Waals surface area contributed by atoms with Crippen LogP contribution in [0.4, 0.5) is 0 Å². The van der Waals surface area contributed by atoms with Crippen LogP contribution in [0.15, 0.2) is 30.6 Å². The van der Waals surface area contributed by atoms with Crippen LogP contribution in [0.1, 0.15) is 19.4 Å². The summed E-state index contributed by atoms with van der Waals surface area (Å²) in [7, 11) is 1.96. The minimum Gasteiger partial charge on any atom is -0.508 e. The number of aromatic nitrogens is 2. The molecule has 18 heavy (non-hydrogen) atoms. The van der Waals surface area contributed by atoms with Crippen molar-refractivity contribution in [1.29, 1.82) is 0 Å². The Labute approximate surface area is 116 Å². The topological polar surface area (TPSA) is 38.0 Å². The monoisotopic (exact) mass is 308 g/mol. The average molecular weight is 309 g/mol. The van der Waals surface area contributed by atoms with E-state index in [2.05, 4.69) is 34.8 Å². The highest BCUT2D eigenvalue weighted by molar-refractivity contribution is 9.09. The molecule has 0 atom stereocenters. The van der Waals surface area contributed by atoms with Crippen LogP contribution in [-0.4, -0.2) is 20.0 Å². The fraction of sp³-hybridized carbons (Fsp3) is 0.357. The number of hydrogen-bond donors (Lipinski definition) is 1. The number of nitrogens with zero attached hydrogens (tertiary/aromatic N) is 2. The number of hydrogen-bond acceptors (Lipinski definition) is 2. The maximum atomic E-state index is 10.0. The van der Waals surface area contributed by atoms with Crippen LogP contribution in [0.3, 0.4) is 0 Å². The summed E-state index contributed by atoms with van der Waals surface area (Å²) in [4.78, 5) is 4.33. The summed E-state index contributed by atoms with van der Waals surface area (Å²) in [5, 5.41) is 10.8. The van der Waals surface area contributed by atoms with Crippen molar-refractivity contribution in [2.75, 3.05) is 5.33 Å². The second-order valence-corrected chi connectivity index (χ2v) is 5.67. The molecule has 1 heterocycles. The fourth-order valence-electron chi connectivity index (χ4n) is 1.93. The van der Waals surface area contributed by atoms with Crippen molar-refractivity contribution < 1.29 is 5.11 Å². The van der Waals surface area contributed by atoms with Crippen molar-refractivity contribution in [3.8, 4) is 17.1 Å². The van der Waals surface area contributed by atoms with Gasteiger partial charge in [0.05, 0.1) is 0 Å². The number of rotatable bonds is 3. The van der Waals surface area contributed by atoms with E-state index in [1.54, 1.807) is 12.3 Å². The molecule has 0 bridgehead atoms. The molecule has 0 aliphatic heterocycles. The molecule has 0 saturated heterocycles. The van der Waals surface area contributed by atoms with E-state index in [0.29, 0.717) is 5.75 Å². The van der Waals surface area contributed by atoms with E-state index in [1.807, 2.05) is 29.9 Å². The van der Waals surface area contributed by atoms with Gasteiger partial charge in [-0.1, -0.05) is 29.8 Å². The fourth-order valence-corrected chi connectivity index (χ4v) is 2.24. The predicted octanol–water partition coefficient (Wildman–Crippen LogP) is 3.47. The molecule has 0 spiro atoms. The molecule has 96 valence electrons. The first-order valence-electron chi connectivity index (χ1n) is 5.83. The molecule has 0 aliphatic rings. The van der Waals surface area contributed by atoms with Crippen molar-refractivity contribution in [2.45, 2.75) is 19.3 Å². The average Bonchev–Trinajstić information content (AvgIpc) is 2.76. The van der Waals surface area contributed by atoms with Gasteiger partial charge in [0.1, 0.15) is 11.6 Å². The summed E-state index contributed by atoms with van der Waals surface area (Å²) in [6.45, 7) is 4.19. The molecule has 0 fully saturated rings. The van der Waals surface area contributed by atoms with Crippen LogP contribution in [0.2, 0.25) is 0 Å². The predicted molar refractivity (Wildman–Crippen MR) is 77.1 cm³/mol. The molecule has 0 saturated carbocycles. The first-order chi connectivity index (χ1) is 8.45. The van der Waals surface area contributed by atoms with Crippen LogP contribution >= 0.6 is 15.9 Å². The Balaban J connectivity index is 2.54. The van der Waals surface area contributed by atoms with Crippen LogP contribution in [0.5, 0.6) is 5.75 Å². The molecule has 3 nitrogen and oxygen atoms in total. The molecule has 0 amide bonds. The van der Waals surface area contributed by atoms with Crippen LogP contribution in [0, 0.1) is 0 Å². The maximum absolute atomic E-state index is 10.0. The number of alkyl halides is 1. The van der Waals surface area contributed by atoms with Gasteiger partial charge in [-0.05, 0) is 18.2 Å². The van der Waals surface area contributed by atoms with Gasteiger partial charge in [0, 0.05) is 41.3 Å². The van der Waals surface area contributed by atoms with E-state index in [1.165, 1.54) is 0 Å². The number of phenolic OH excluding ortho intramolecular Hbond substituents is 1. The Morgan fingerprint density at radius 2 is 2.11 bits per heavy atom. The molecular formula is C14H17BrN2O. The van der Waals surface area contributed by atoms with Gasteiger partial charge < -0.3 is 9.67 Å². The molecule has 2 aromatic rings. The third-order valence-corrected chi connectivity index (χ3v) is 4.54. The summed E-state index contributed by atoms with van der Waals surface area (Å²) in [6.07, 6.45) is 3.69. The van der Waals surface area contributed by atoms with Gasteiger partial charge in [-0.3, -0.25) is 0 Å². The zero-order valence-electron chi connectivity index (χ0n) is 10.8. The Morgan fingerprint density at radius 1 is 1.39 bits per heavy atom. The van der Waals surface area contributed by atoms with Gasteiger partial charge in [0.2, 0.25) is 0 Å². The Morgan fingerprint density at radius 3 is 2.67 bits per heavy atom. The minimum absolute atomic E-state index is 0.120. The largest absolute Gasteiger partial charge is 0.508 e. The van der Waals surface area contributed by atoms with Gasteiger partial charge in [-0.2, -0.15) is 0 Å². The summed E-state index contributed by atoms with van der Waals surface area (Å²) in [5.74, 6) is 1.24. The van der Waals surface area contributed by atoms with E-state index < -0.39 is 0 Å². The second kappa shape index (κ2) is 4.76. The lowest BCUT2D eigenvalue weighted by Gasteiger charge is -2.24. The van der Waals surface area contributed by atoms with Gasteiger partial charge in [-0.25, -0.2) is 4.98 Å². The summed E-state index contributed by atoms with van der Waals surface area (Å²) >= 11 is 3.50. The lowest BCUT2D eigenvalue weighted by atomic mass is 9.85. The van der Waals surface area contributed by atoms with E-state index in [9.17, 15) is 5.11 Å². The summed E-state index contributed by atoms with van der Waals surface area (Å²) in [6, 6.07) is 5.65. The highest BCUT2D eigenvalue weighted by Gasteiger charge is 2.23. The van der Waals surface area contributed by atoms with Crippen molar-refractivity contribution in [2.24, 2.45) is 7.05 Å². The van der Waals surface area contributed by atoms with Gasteiger partial charge in [-0.15, -0.1) is 0 Å². The molecule has 1 aromatic heterocycles. The highest BCUT2D eigenvalue weighted by atomic mass is 79.9. The number of phenols is 1. The molecule has 0 radical (unpaired) electrons. The van der Waals surface area contributed by atoms with E-state index >= 15 is 0 Å². The molecule has 1 aromatic carbocycles. The molecule has 4 heteroatoms. The summed E-state index contributed by atoms with van der Waals surface area (Å²) < 4.78 is 1.97. The van der Waals surface area contributed by atoms with Crippen molar-refractivity contribution in [3.05, 3.63) is 36.2 Å². The lowest BCUT2D eigenvalue weighted by molar-refractivity contribution is 0.449. The quantitative estimate of drug-likeness (QED) is 0.882. The number of aromatic hydroxyl groups is 1. The van der Waals surface area contributed by atoms with Gasteiger partial charge in [0.25, 0.3) is 0 Å². The standard InChI is InChI=1S/C14H17BrN2O/c1-14(2,9-15)11-8-10(4-5-12(11)18)13-16-6-7-17(13)3/h4-8,18H,9H2,1-3H3. The Bertz CT molecular complexity index is 561. The van der Waals surface area contributed by atoms with E-state index in [4.69, 9.17) is 0 Å². The van der Waals surface area contributed by atoms with Crippen LogP contribution < -0.4 is 0 Å². The Kier molecular flexibility index (Phi) is 3.48. The number of imidazole rings is 1. The zero-order chi connectivity index (χ0) is 13.3. The summed E-state index contributed by atoms with van der Waals surface area (Å²) in [5.41, 5.74) is 1.83. The highest BCUT2D eigenvalue weighted by Crippen LogP contribution is 2.35. The first-order valence-corrected chi connectivity index (χ1v) is 6.95. The van der Waals surface area contributed by atoms with Crippen molar-refractivity contribution >= 4 is 15.9 Å². The second-order valence-electron chi connectivity index (χ2n) is 5.11. The molecule has 0 aliphatic carbocycles. The minimum atomic E-state index is -0.120. The lowest BCUT2D eigenvalue weighted by Crippen LogP contribution is -2.19. The zero-order valence-corrected chi connectivity index (χ0v) is 12.4. The molecular weight excluding hydrogens is 292 g/mol. The van der Waals surface area contributed by atoms with Crippen LogP contribution in [0.25, 0.3) is 11.4 Å². The van der Waals surface area contributed by atoms with E-state index in [0.717, 1.165) is 22.3 Å². The number of aryl methyl sites for hydroxylation is 1. The maximum Gasteiger partial charge on any atom is 0.139 e. The molecule has 0 unspecified atom stereocenters.